The normalized spacial score (nSPS) is 15.0. The van der Waals surface area contributed by atoms with E-state index in [4.69, 9.17) is 11.5 Å². The van der Waals surface area contributed by atoms with Gasteiger partial charge in [0.1, 0.15) is 42.3 Å². The lowest BCUT2D eigenvalue weighted by Gasteiger charge is -2.28. The van der Waals surface area contributed by atoms with Crippen molar-refractivity contribution in [3.8, 4) is 0 Å². The molecule has 0 aliphatic heterocycles. The van der Waals surface area contributed by atoms with Crippen molar-refractivity contribution in [3.63, 3.8) is 0 Å². The van der Waals surface area contributed by atoms with Crippen LogP contribution in [0.1, 0.15) is 49.8 Å². The van der Waals surface area contributed by atoms with E-state index in [2.05, 4.69) is 67.5 Å². The topological polar surface area (TPSA) is 329 Å². The smallest absolute Gasteiger partial charge is 0.327 e. The highest BCUT2D eigenvalue weighted by Crippen LogP contribution is 2.20. The van der Waals surface area contributed by atoms with E-state index >= 15 is 0 Å². The summed E-state index contributed by atoms with van der Waals surface area (Å²) in [7, 11) is 0. The number of rotatable bonds is 28. The molecule has 0 aliphatic carbocycles. The Morgan fingerprint density at radius 1 is 0.571 bits per heavy atom. The third kappa shape index (κ3) is 17.2. The molecule has 0 bridgehead atoms. The number of carbonyl (C=O) groups excluding carboxylic acids is 7. The predicted octanol–water partition coefficient (Wildman–Crippen LogP) is -0.609. The third-order valence-electron chi connectivity index (χ3n) is 11.3. The summed E-state index contributed by atoms with van der Waals surface area (Å²) < 4.78 is 0. The lowest BCUT2D eigenvalue weighted by Crippen LogP contribution is -2.62. The second kappa shape index (κ2) is 28.3. The quantitative estimate of drug-likeness (QED) is 0.0251. The summed E-state index contributed by atoms with van der Waals surface area (Å²) in [5, 5.41) is 39.2. The molecule has 0 radical (unpaired) electrons. The minimum absolute atomic E-state index is 0.00781. The number of fused-ring (bicyclic) bond motifs is 1. The summed E-state index contributed by atoms with van der Waals surface area (Å²) >= 11 is 8.09. The molecule has 0 unspecified atom stereocenters. The summed E-state index contributed by atoms with van der Waals surface area (Å²) in [6.07, 6.45) is 0.808. The van der Waals surface area contributed by atoms with Gasteiger partial charge in [-0.05, 0) is 62.4 Å². The van der Waals surface area contributed by atoms with Gasteiger partial charge in [-0.1, -0.05) is 78.9 Å². The van der Waals surface area contributed by atoms with Crippen LogP contribution in [-0.2, 0) is 57.6 Å². The van der Waals surface area contributed by atoms with Crippen LogP contribution in [0.4, 0.5) is 0 Å². The first-order valence-electron chi connectivity index (χ1n) is 22.8. The number of aliphatic hydroxyl groups excluding tert-OH is 1. The van der Waals surface area contributed by atoms with Crippen molar-refractivity contribution in [2.75, 3.05) is 18.1 Å². The van der Waals surface area contributed by atoms with E-state index in [1.54, 1.807) is 72.9 Å². The Morgan fingerprint density at radius 2 is 1.06 bits per heavy atom. The van der Waals surface area contributed by atoms with Crippen LogP contribution in [0.15, 0.2) is 91.1 Å². The van der Waals surface area contributed by atoms with Crippen molar-refractivity contribution in [1.29, 1.82) is 0 Å². The number of unbranched alkanes of at least 4 members (excludes halogenated alkanes) is 1. The summed E-state index contributed by atoms with van der Waals surface area (Å²) in [6.45, 7) is 2.89. The first-order chi connectivity index (χ1) is 33.4. The number of amides is 7. The van der Waals surface area contributed by atoms with Gasteiger partial charge in [-0.2, -0.15) is 25.3 Å². The molecule has 0 saturated heterocycles. The van der Waals surface area contributed by atoms with Gasteiger partial charge in [-0.15, -0.1) is 0 Å². The minimum atomic E-state index is -1.68. The average molecular weight is 1010 g/mol. The van der Waals surface area contributed by atoms with Gasteiger partial charge in [-0.3, -0.25) is 33.6 Å². The van der Waals surface area contributed by atoms with Gasteiger partial charge in [0.2, 0.25) is 41.4 Å². The Labute approximate surface area is 416 Å². The number of nitrogens with one attached hydrogen (secondary N) is 8. The number of nitrogens with two attached hydrogens (primary N) is 2. The van der Waals surface area contributed by atoms with Crippen LogP contribution in [0.3, 0.4) is 0 Å². The molecule has 20 nitrogen and oxygen atoms in total. The molecule has 3 aromatic carbocycles. The number of hydrogen-bond donors (Lipinski definition) is 14. The average Bonchev–Trinajstić information content (AvgIpc) is 3.76. The van der Waals surface area contributed by atoms with Crippen molar-refractivity contribution in [2.45, 2.75) is 107 Å². The number of aromatic amines is 1. The number of carboxylic acid groups (broad SMARTS) is 1. The van der Waals surface area contributed by atoms with E-state index in [1.807, 2.05) is 18.2 Å². The molecule has 22 heteroatoms. The first-order valence-corrected chi connectivity index (χ1v) is 24.1. The summed E-state index contributed by atoms with van der Waals surface area (Å²) in [4.78, 5) is 111. The fraction of sp³-hybridized carbons (Fsp3) is 0.417. The number of aliphatic carboxylic acids is 1. The fourth-order valence-corrected chi connectivity index (χ4v) is 7.71. The number of carbonyl (C=O) groups is 8. The molecule has 378 valence electrons. The zero-order valence-corrected chi connectivity index (χ0v) is 40.7. The van der Waals surface area contributed by atoms with Gasteiger partial charge >= 0.3 is 5.97 Å². The van der Waals surface area contributed by atoms with Crippen molar-refractivity contribution in [3.05, 3.63) is 108 Å². The Kier molecular flexibility index (Phi) is 22.7. The van der Waals surface area contributed by atoms with Crippen molar-refractivity contribution in [2.24, 2.45) is 11.5 Å². The lowest BCUT2D eigenvalue weighted by molar-refractivity contribution is -0.141. The van der Waals surface area contributed by atoms with Crippen LogP contribution in [-0.4, -0.2) is 135 Å². The summed E-state index contributed by atoms with van der Waals surface area (Å²) in [5.74, 6) is -7.23. The second-order valence-electron chi connectivity index (χ2n) is 16.8. The predicted molar refractivity (Wildman–Crippen MR) is 269 cm³/mol. The Hall–Kier alpha value is -6.46. The van der Waals surface area contributed by atoms with Gasteiger partial charge in [0, 0.05) is 47.9 Å². The molecule has 4 rings (SSSR count). The molecule has 7 amide bonds. The molecule has 1 aromatic heterocycles. The van der Waals surface area contributed by atoms with Crippen molar-refractivity contribution >= 4 is 83.5 Å². The highest BCUT2D eigenvalue weighted by atomic mass is 32.1. The fourth-order valence-electron chi connectivity index (χ4n) is 7.30. The number of thiol groups is 2. The molecule has 0 saturated carbocycles. The molecular weight excluding hydrogens is 941 g/mol. The van der Waals surface area contributed by atoms with Crippen molar-refractivity contribution < 1.29 is 48.6 Å². The van der Waals surface area contributed by atoms with E-state index in [-0.39, 0.29) is 43.7 Å². The highest BCUT2D eigenvalue weighted by molar-refractivity contribution is 7.80. The molecule has 1 heterocycles. The maximum absolute atomic E-state index is 14.5. The molecule has 0 aliphatic rings. The molecule has 0 fully saturated rings. The Bertz CT molecular complexity index is 2390. The van der Waals surface area contributed by atoms with Crippen LogP contribution in [0.25, 0.3) is 10.9 Å². The van der Waals surface area contributed by atoms with E-state index < -0.39 is 102 Å². The molecule has 9 atom stereocenters. The molecular formula is C48H64N10O10S2. The van der Waals surface area contributed by atoms with E-state index in [9.17, 15) is 48.6 Å². The number of H-pyrrole nitrogens is 1. The number of hydrogen-bond acceptors (Lipinski definition) is 13. The number of aliphatic hydroxyl groups is 1. The maximum atomic E-state index is 14.5. The summed E-state index contributed by atoms with van der Waals surface area (Å²) in [5.41, 5.74) is 14.4. The summed E-state index contributed by atoms with van der Waals surface area (Å²) in [6, 6.07) is 14.2. The highest BCUT2D eigenvalue weighted by Gasteiger charge is 2.35. The van der Waals surface area contributed by atoms with Gasteiger partial charge in [-0.25, -0.2) is 4.79 Å². The zero-order valence-electron chi connectivity index (χ0n) is 38.9. The van der Waals surface area contributed by atoms with Crippen LogP contribution in [0, 0.1) is 0 Å². The van der Waals surface area contributed by atoms with Crippen LogP contribution in [0.2, 0.25) is 0 Å². The van der Waals surface area contributed by atoms with Gasteiger partial charge < -0.3 is 63.9 Å². The van der Waals surface area contributed by atoms with Crippen molar-refractivity contribution in [1.82, 2.24) is 42.2 Å². The van der Waals surface area contributed by atoms with Crippen LogP contribution >= 0.6 is 25.3 Å². The Morgan fingerprint density at radius 3 is 1.60 bits per heavy atom. The van der Waals surface area contributed by atoms with Gasteiger partial charge in [0.05, 0.1) is 12.1 Å². The van der Waals surface area contributed by atoms with Crippen LogP contribution in [0.5, 0.6) is 0 Å². The van der Waals surface area contributed by atoms with E-state index in [1.165, 1.54) is 13.8 Å². The zero-order chi connectivity index (χ0) is 51.3. The Balaban J connectivity index is 1.58. The minimum Gasteiger partial charge on any atom is -0.480 e. The molecule has 4 aromatic rings. The third-order valence-corrected chi connectivity index (χ3v) is 12.0. The standard InChI is InChI=1S/C48H64N10O10S2/c1-27(52-44(63)36(55-42(61)33(50)25-69)21-29-13-5-3-6-14-29)41(60)54-38(23-31-24-51-34-18-10-9-17-32(31)34)46(65)53-35(19-11-12-20-49)43(62)58-40(28(2)59)47(66)56-37(22-30-15-7-4-8-16-30)45(64)57-39(26-70)48(67)68/h3-10,13-18,24,27-28,33,35-40,51,59,69-70H,11-12,19-23,25-26,49-50H2,1-2H3,(H,52,63)(H,53,65)(H,54,60)(H,55,61)(H,56,66)(H,57,64)(H,58,62)(H,67,68)/t27-,28+,33-,35-,36-,37-,38+,39-,40-/m0/s1. The monoisotopic (exact) mass is 1000 g/mol. The van der Waals surface area contributed by atoms with Crippen LogP contribution < -0.4 is 48.7 Å². The van der Waals surface area contributed by atoms with Gasteiger partial charge in [0.25, 0.3) is 0 Å². The maximum Gasteiger partial charge on any atom is 0.327 e. The number of benzene rings is 3. The number of carboxylic acids is 1. The first kappa shape index (κ1) is 56.1. The van der Waals surface area contributed by atoms with Gasteiger partial charge in [0.15, 0.2) is 0 Å². The molecule has 14 N–H and O–H groups in total. The molecule has 0 spiro atoms. The lowest BCUT2D eigenvalue weighted by atomic mass is 10.0. The largest absolute Gasteiger partial charge is 0.480 e. The van der Waals surface area contributed by atoms with E-state index in [0.717, 1.165) is 16.5 Å². The van der Waals surface area contributed by atoms with E-state index in [0.29, 0.717) is 24.0 Å². The number of aromatic nitrogens is 1. The second-order valence-corrected chi connectivity index (χ2v) is 17.5. The number of para-hydroxylation sites is 1. The molecule has 70 heavy (non-hydrogen) atoms. The SMILES string of the molecule is C[C@H](NC(=O)[C@H](Cc1ccccc1)NC(=O)[C@@H](N)CS)C(=O)N[C@H](Cc1c[nH]c2ccccc12)C(=O)N[C@@H](CCCCN)C(=O)N[C@H](C(=O)N[C@@H](Cc1ccccc1)C(=O)N[C@@H](CS)C(=O)O)[C@@H](C)O.